The predicted molar refractivity (Wildman–Crippen MR) is 155 cm³/mol. The zero-order chi connectivity index (χ0) is 30.0. The Labute approximate surface area is 239 Å². The molecule has 0 radical (unpaired) electrons. The number of benzene rings is 3. The molecule has 41 heavy (non-hydrogen) atoms. The van der Waals surface area contributed by atoms with Crippen molar-refractivity contribution in [1.29, 1.82) is 0 Å². The normalized spacial score (nSPS) is 12.5. The number of phenolic OH excluding ortho intramolecular Hbond substituents is 1. The van der Waals surface area contributed by atoms with E-state index in [1.165, 1.54) is 24.1 Å². The van der Waals surface area contributed by atoms with Crippen molar-refractivity contribution >= 4 is 23.6 Å². The number of hydrogen-bond acceptors (Lipinski definition) is 7. The fourth-order valence-electron chi connectivity index (χ4n) is 4.23. The number of methoxy groups -OCH3 is 1. The van der Waals surface area contributed by atoms with Crippen molar-refractivity contribution < 1.29 is 34.1 Å². The monoisotopic (exact) mass is 563 g/mol. The van der Waals surface area contributed by atoms with E-state index in [9.17, 15) is 24.6 Å². The van der Waals surface area contributed by atoms with Crippen LogP contribution in [0.15, 0.2) is 78.9 Å². The fourth-order valence-corrected chi connectivity index (χ4v) is 4.23. The second-order valence-corrected chi connectivity index (χ2v) is 10.4. The molecule has 0 aliphatic rings. The number of rotatable bonds is 11. The molecule has 3 rings (SSSR count). The van der Waals surface area contributed by atoms with Gasteiger partial charge in [-0.3, -0.25) is 9.59 Å². The summed E-state index contributed by atoms with van der Waals surface area (Å²) in [5.74, 6) is -0.708. The minimum atomic E-state index is -1.26. The molecule has 0 spiro atoms. The Balaban J connectivity index is 2.01. The van der Waals surface area contributed by atoms with E-state index < -0.39 is 42.2 Å². The molecule has 3 aromatic carbocycles. The fraction of sp³-hybridized carbons (Fsp3) is 0.323. The van der Waals surface area contributed by atoms with Crippen LogP contribution in [-0.4, -0.2) is 64.9 Å². The standard InChI is InChI=1S/C31H37N3O7/c1-31(2,3)41-30(39)33-26(19-21-9-6-5-7-10-21)29(38)34(17-18-35)27(22-11-8-12-24(36)20-22)28(37)32-23-13-15-25(40-4)16-14-23/h5-16,20,26-27,35-36H,17-19H2,1-4H3,(H,32,37)(H,33,39). The highest BCUT2D eigenvalue weighted by Gasteiger charge is 2.36. The number of carbonyl (C=O) groups is 3. The lowest BCUT2D eigenvalue weighted by Gasteiger charge is -2.34. The zero-order valence-electron chi connectivity index (χ0n) is 23.7. The molecule has 0 heterocycles. The van der Waals surface area contributed by atoms with Gasteiger partial charge in [-0.15, -0.1) is 0 Å². The first-order valence-electron chi connectivity index (χ1n) is 13.2. The third-order valence-electron chi connectivity index (χ3n) is 6.00. The van der Waals surface area contributed by atoms with Crippen LogP contribution in [0.5, 0.6) is 11.5 Å². The molecule has 0 bridgehead atoms. The smallest absolute Gasteiger partial charge is 0.408 e. The number of nitrogens with one attached hydrogen (secondary N) is 2. The van der Waals surface area contributed by atoms with Gasteiger partial charge in [0.15, 0.2) is 0 Å². The Morgan fingerprint density at radius 1 is 0.951 bits per heavy atom. The van der Waals surface area contributed by atoms with Gasteiger partial charge in [-0.05, 0) is 68.3 Å². The van der Waals surface area contributed by atoms with E-state index in [0.29, 0.717) is 17.0 Å². The van der Waals surface area contributed by atoms with Crippen molar-refractivity contribution in [2.75, 3.05) is 25.6 Å². The van der Waals surface area contributed by atoms with Crippen LogP contribution >= 0.6 is 0 Å². The summed E-state index contributed by atoms with van der Waals surface area (Å²) in [5.41, 5.74) is 0.721. The largest absolute Gasteiger partial charge is 0.508 e. The molecule has 0 fully saturated rings. The minimum absolute atomic E-state index is 0.103. The maximum Gasteiger partial charge on any atom is 0.408 e. The summed E-state index contributed by atoms with van der Waals surface area (Å²) in [5, 5.41) is 25.6. The number of hydrogen-bond donors (Lipinski definition) is 4. The van der Waals surface area contributed by atoms with Crippen LogP contribution in [0.4, 0.5) is 10.5 Å². The number of amides is 3. The summed E-state index contributed by atoms with van der Waals surface area (Å²) >= 11 is 0. The number of ether oxygens (including phenoxy) is 2. The van der Waals surface area contributed by atoms with Gasteiger partial charge in [0.05, 0.1) is 13.7 Å². The highest BCUT2D eigenvalue weighted by atomic mass is 16.6. The molecule has 3 aromatic rings. The molecule has 2 unspecified atom stereocenters. The maximum absolute atomic E-state index is 14.2. The van der Waals surface area contributed by atoms with Crippen molar-refractivity contribution in [3.8, 4) is 11.5 Å². The van der Waals surface area contributed by atoms with Crippen molar-refractivity contribution in [2.24, 2.45) is 0 Å². The number of aliphatic hydroxyl groups is 1. The number of aromatic hydroxyl groups is 1. The van der Waals surface area contributed by atoms with Crippen molar-refractivity contribution in [3.63, 3.8) is 0 Å². The average Bonchev–Trinajstić information content (AvgIpc) is 2.92. The molecule has 4 N–H and O–H groups in total. The number of phenols is 1. The second-order valence-electron chi connectivity index (χ2n) is 10.4. The average molecular weight is 564 g/mol. The molecular weight excluding hydrogens is 526 g/mol. The molecule has 10 heteroatoms. The quantitative estimate of drug-likeness (QED) is 0.276. The summed E-state index contributed by atoms with van der Waals surface area (Å²) in [4.78, 5) is 41.9. The van der Waals surface area contributed by atoms with Crippen LogP contribution in [0, 0.1) is 0 Å². The number of alkyl carbamates (subject to hydrolysis) is 1. The van der Waals surface area contributed by atoms with Gasteiger partial charge in [0, 0.05) is 18.7 Å². The van der Waals surface area contributed by atoms with Crippen LogP contribution in [0.1, 0.15) is 37.9 Å². The van der Waals surface area contributed by atoms with Crippen LogP contribution in [-0.2, 0) is 20.7 Å². The molecule has 10 nitrogen and oxygen atoms in total. The van der Waals surface area contributed by atoms with Gasteiger partial charge >= 0.3 is 6.09 Å². The highest BCUT2D eigenvalue weighted by Crippen LogP contribution is 2.27. The third-order valence-corrected chi connectivity index (χ3v) is 6.00. The van der Waals surface area contributed by atoms with E-state index in [1.807, 2.05) is 30.3 Å². The van der Waals surface area contributed by atoms with Crippen molar-refractivity contribution in [1.82, 2.24) is 10.2 Å². The van der Waals surface area contributed by atoms with Gasteiger partial charge in [-0.2, -0.15) is 0 Å². The number of anilines is 1. The molecule has 218 valence electrons. The van der Waals surface area contributed by atoms with E-state index in [1.54, 1.807) is 57.2 Å². The molecule has 0 aromatic heterocycles. The van der Waals surface area contributed by atoms with Crippen LogP contribution < -0.4 is 15.4 Å². The van der Waals surface area contributed by atoms with E-state index in [4.69, 9.17) is 9.47 Å². The SMILES string of the molecule is COc1ccc(NC(=O)C(c2cccc(O)c2)N(CCO)C(=O)C(Cc2ccccc2)NC(=O)OC(C)(C)C)cc1. The molecule has 3 amide bonds. The van der Waals surface area contributed by atoms with Crippen molar-refractivity contribution in [3.05, 3.63) is 90.0 Å². The summed E-state index contributed by atoms with van der Waals surface area (Å²) < 4.78 is 10.6. The van der Waals surface area contributed by atoms with E-state index in [0.717, 1.165) is 5.56 Å². The Morgan fingerprint density at radius 3 is 2.22 bits per heavy atom. The van der Waals surface area contributed by atoms with Crippen LogP contribution in [0.25, 0.3) is 0 Å². The number of nitrogens with zero attached hydrogens (tertiary/aromatic N) is 1. The van der Waals surface area contributed by atoms with Gasteiger partial charge in [0.1, 0.15) is 29.2 Å². The molecule has 2 atom stereocenters. The Kier molecular flexibility index (Phi) is 10.7. The molecule has 0 saturated heterocycles. The Hall–Kier alpha value is -4.57. The summed E-state index contributed by atoms with van der Waals surface area (Å²) in [6.07, 6.45) is -0.694. The first-order valence-corrected chi connectivity index (χ1v) is 13.2. The molecule has 0 aliphatic heterocycles. The molecule has 0 aliphatic carbocycles. The molecule has 0 saturated carbocycles. The number of carbonyl (C=O) groups excluding carboxylic acids is 3. The van der Waals surface area contributed by atoms with Crippen LogP contribution in [0.3, 0.4) is 0 Å². The topological polar surface area (TPSA) is 137 Å². The van der Waals surface area contributed by atoms with Gasteiger partial charge in [-0.25, -0.2) is 4.79 Å². The van der Waals surface area contributed by atoms with Gasteiger partial charge in [0.2, 0.25) is 5.91 Å². The van der Waals surface area contributed by atoms with Crippen molar-refractivity contribution in [2.45, 2.75) is 44.9 Å². The lowest BCUT2D eigenvalue weighted by atomic mass is 10.00. The Bertz CT molecular complexity index is 1310. The van der Waals surface area contributed by atoms with E-state index in [-0.39, 0.29) is 18.7 Å². The first kappa shape index (κ1) is 31.0. The van der Waals surface area contributed by atoms with Gasteiger partial charge in [-0.1, -0.05) is 42.5 Å². The highest BCUT2D eigenvalue weighted by molar-refractivity contribution is 5.99. The Morgan fingerprint density at radius 2 is 1.63 bits per heavy atom. The van der Waals surface area contributed by atoms with E-state index in [2.05, 4.69) is 10.6 Å². The first-order chi connectivity index (χ1) is 19.5. The second kappa shape index (κ2) is 14.2. The summed E-state index contributed by atoms with van der Waals surface area (Å²) in [7, 11) is 1.53. The minimum Gasteiger partial charge on any atom is -0.508 e. The van der Waals surface area contributed by atoms with E-state index >= 15 is 0 Å². The number of aliphatic hydroxyl groups excluding tert-OH is 1. The third kappa shape index (κ3) is 9.25. The summed E-state index contributed by atoms with van der Waals surface area (Å²) in [6.45, 7) is 4.44. The molecular formula is C31H37N3O7. The lowest BCUT2D eigenvalue weighted by molar-refractivity contribution is -0.141. The van der Waals surface area contributed by atoms with Gasteiger partial charge in [0.25, 0.3) is 5.91 Å². The zero-order valence-corrected chi connectivity index (χ0v) is 23.7. The maximum atomic E-state index is 14.2. The van der Waals surface area contributed by atoms with Gasteiger partial charge < -0.3 is 35.2 Å². The lowest BCUT2D eigenvalue weighted by Crippen LogP contribution is -2.53. The summed E-state index contributed by atoms with van der Waals surface area (Å²) in [6, 6.07) is 19.3. The van der Waals surface area contributed by atoms with Crippen LogP contribution in [0.2, 0.25) is 0 Å². The predicted octanol–water partition coefficient (Wildman–Crippen LogP) is 4.04.